The molecule has 0 unspecified atom stereocenters. The van der Waals surface area contributed by atoms with Gasteiger partial charge < -0.3 is 14.8 Å². The highest BCUT2D eigenvalue weighted by atomic mass is 32.1. The van der Waals surface area contributed by atoms with Crippen LogP contribution < -0.4 is 10.1 Å². The summed E-state index contributed by atoms with van der Waals surface area (Å²) in [6.07, 6.45) is 0. The number of carbonyl (C=O) groups excluding carboxylic acids is 2. The Kier molecular flexibility index (Phi) is 4.64. The smallest absolute Gasteiger partial charge is 0.340 e. The van der Waals surface area contributed by atoms with Crippen LogP contribution in [0.1, 0.15) is 32.5 Å². The fourth-order valence-corrected chi connectivity index (χ4v) is 4.07. The molecule has 0 bridgehead atoms. The molecule has 0 radical (unpaired) electrons. The minimum absolute atomic E-state index is 0.261. The van der Waals surface area contributed by atoms with Gasteiger partial charge in [0.25, 0.3) is 5.91 Å². The molecule has 2 aromatic carbocycles. The Hall–Kier alpha value is -3.12. The first-order chi connectivity index (χ1) is 13.2. The van der Waals surface area contributed by atoms with Gasteiger partial charge in [0.2, 0.25) is 0 Å². The van der Waals surface area contributed by atoms with Crippen molar-refractivity contribution < 1.29 is 19.1 Å². The summed E-state index contributed by atoms with van der Waals surface area (Å²) in [5.41, 5.74) is 2.75. The van der Waals surface area contributed by atoms with Crippen LogP contribution in [-0.4, -0.2) is 18.5 Å². The van der Waals surface area contributed by atoms with Gasteiger partial charge in [-0.3, -0.25) is 4.79 Å². The standard InChI is InChI=1S/C21H17NO4S/c1-2-25-21(24)14-7-3-5-9-16(14)22-20(23)18-11-13-12-26-17-10-6-4-8-15(17)19(13)27-18/h3-11H,2,12H2,1H3,(H,22,23). The van der Waals surface area contributed by atoms with E-state index in [1.54, 1.807) is 31.2 Å². The SMILES string of the molecule is CCOC(=O)c1ccccc1NC(=O)c1cc2c(s1)-c1ccccc1OC2. The molecule has 1 aromatic heterocycles. The summed E-state index contributed by atoms with van der Waals surface area (Å²) in [5, 5.41) is 2.83. The molecule has 136 valence electrons. The molecule has 1 aliphatic heterocycles. The first kappa shape index (κ1) is 17.3. The molecule has 2 heterocycles. The lowest BCUT2D eigenvalue weighted by molar-refractivity contribution is 0.0527. The van der Waals surface area contributed by atoms with Gasteiger partial charge in [0, 0.05) is 16.0 Å². The van der Waals surface area contributed by atoms with Crippen molar-refractivity contribution >= 4 is 28.9 Å². The van der Waals surface area contributed by atoms with E-state index in [1.807, 2.05) is 30.3 Å². The van der Waals surface area contributed by atoms with E-state index in [0.29, 0.717) is 22.7 Å². The molecule has 6 heteroatoms. The van der Waals surface area contributed by atoms with Crippen LogP contribution in [0.3, 0.4) is 0 Å². The minimum atomic E-state index is -0.457. The fraction of sp³-hybridized carbons (Fsp3) is 0.143. The van der Waals surface area contributed by atoms with Crippen molar-refractivity contribution in [1.82, 2.24) is 0 Å². The number of esters is 1. The maximum absolute atomic E-state index is 12.8. The van der Waals surface area contributed by atoms with Crippen LogP contribution in [0, 0.1) is 0 Å². The van der Waals surface area contributed by atoms with Crippen LogP contribution >= 0.6 is 11.3 Å². The second-order valence-electron chi connectivity index (χ2n) is 5.97. The van der Waals surface area contributed by atoms with Crippen molar-refractivity contribution in [2.45, 2.75) is 13.5 Å². The highest BCUT2D eigenvalue weighted by Crippen LogP contribution is 2.42. The molecule has 4 rings (SSSR count). The maximum Gasteiger partial charge on any atom is 0.340 e. The molecule has 0 atom stereocenters. The molecule has 1 amide bonds. The first-order valence-electron chi connectivity index (χ1n) is 8.59. The number of carbonyl (C=O) groups is 2. The van der Waals surface area contributed by atoms with Crippen molar-refractivity contribution in [1.29, 1.82) is 0 Å². The summed E-state index contributed by atoms with van der Waals surface area (Å²) < 4.78 is 10.8. The first-order valence-corrected chi connectivity index (χ1v) is 9.41. The zero-order valence-corrected chi connectivity index (χ0v) is 15.5. The Labute approximate surface area is 160 Å². The molecular formula is C21H17NO4S. The lowest BCUT2D eigenvalue weighted by Gasteiger charge is -2.16. The van der Waals surface area contributed by atoms with Gasteiger partial charge >= 0.3 is 5.97 Å². The lowest BCUT2D eigenvalue weighted by atomic mass is 10.1. The van der Waals surface area contributed by atoms with Crippen molar-refractivity contribution in [3.63, 3.8) is 0 Å². The summed E-state index contributed by atoms with van der Waals surface area (Å²) in [5.74, 6) is 0.108. The summed E-state index contributed by atoms with van der Waals surface area (Å²) in [4.78, 5) is 26.5. The molecule has 1 aliphatic rings. The van der Waals surface area contributed by atoms with Gasteiger partial charge in [0.1, 0.15) is 12.4 Å². The number of thiophene rings is 1. The third-order valence-corrected chi connectivity index (χ3v) is 5.43. The number of nitrogens with one attached hydrogen (secondary N) is 1. The van der Waals surface area contributed by atoms with Gasteiger partial charge in [-0.1, -0.05) is 24.3 Å². The Balaban J connectivity index is 1.61. The summed E-state index contributed by atoms with van der Waals surface area (Å²) in [6.45, 7) is 2.46. The van der Waals surface area contributed by atoms with Crippen LogP contribution in [-0.2, 0) is 11.3 Å². The number of hydrogen-bond acceptors (Lipinski definition) is 5. The third kappa shape index (κ3) is 3.31. The number of para-hydroxylation sites is 2. The lowest BCUT2D eigenvalue weighted by Crippen LogP contribution is -2.15. The largest absolute Gasteiger partial charge is 0.488 e. The van der Waals surface area contributed by atoms with Crippen LogP contribution in [0.4, 0.5) is 5.69 Å². The minimum Gasteiger partial charge on any atom is -0.488 e. The molecule has 3 aromatic rings. The second kappa shape index (κ2) is 7.25. The molecule has 0 saturated carbocycles. The average molecular weight is 379 g/mol. The number of anilines is 1. The van der Waals surface area contributed by atoms with Gasteiger partial charge in [-0.2, -0.15) is 0 Å². The van der Waals surface area contributed by atoms with Crippen LogP contribution in [0.5, 0.6) is 5.75 Å². The summed E-state index contributed by atoms with van der Waals surface area (Å²) in [7, 11) is 0. The van der Waals surface area contributed by atoms with E-state index in [-0.39, 0.29) is 12.5 Å². The predicted octanol–water partition coefficient (Wildman–Crippen LogP) is 4.74. The maximum atomic E-state index is 12.8. The second-order valence-corrected chi connectivity index (χ2v) is 7.02. The van der Waals surface area contributed by atoms with Crippen molar-refractivity contribution in [2.75, 3.05) is 11.9 Å². The molecule has 0 fully saturated rings. The number of hydrogen-bond donors (Lipinski definition) is 1. The number of benzene rings is 2. The Morgan fingerprint density at radius 2 is 1.93 bits per heavy atom. The molecule has 5 nitrogen and oxygen atoms in total. The van der Waals surface area contributed by atoms with Gasteiger partial charge in [-0.05, 0) is 37.3 Å². The van der Waals surface area contributed by atoms with Crippen LogP contribution in [0.2, 0.25) is 0 Å². The number of amides is 1. The summed E-state index contributed by atoms with van der Waals surface area (Å²) in [6, 6.07) is 16.5. The highest BCUT2D eigenvalue weighted by molar-refractivity contribution is 7.17. The summed E-state index contributed by atoms with van der Waals surface area (Å²) >= 11 is 1.42. The number of rotatable bonds is 4. The topological polar surface area (TPSA) is 64.6 Å². The van der Waals surface area contributed by atoms with Crippen LogP contribution in [0.25, 0.3) is 10.4 Å². The molecular weight excluding hydrogens is 362 g/mol. The van der Waals surface area contributed by atoms with Gasteiger partial charge in [-0.25, -0.2) is 4.79 Å². The predicted molar refractivity (Wildman–Crippen MR) is 104 cm³/mol. The van der Waals surface area contributed by atoms with E-state index in [1.165, 1.54) is 11.3 Å². The zero-order valence-electron chi connectivity index (χ0n) is 14.7. The van der Waals surface area contributed by atoms with E-state index >= 15 is 0 Å². The molecule has 1 N–H and O–H groups in total. The zero-order chi connectivity index (χ0) is 18.8. The van der Waals surface area contributed by atoms with E-state index in [0.717, 1.165) is 21.8 Å². The van der Waals surface area contributed by atoms with Gasteiger partial charge in [0.15, 0.2) is 0 Å². The third-order valence-electron chi connectivity index (χ3n) is 4.22. The van der Waals surface area contributed by atoms with Gasteiger partial charge in [0.05, 0.1) is 22.7 Å². The number of ether oxygens (including phenoxy) is 2. The van der Waals surface area contributed by atoms with Crippen LogP contribution in [0.15, 0.2) is 54.6 Å². The fourth-order valence-electron chi connectivity index (χ4n) is 2.97. The van der Waals surface area contributed by atoms with E-state index in [2.05, 4.69) is 5.32 Å². The van der Waals surface area contributed by atoms with Crippen molar-refractivity contribution in [3.05, 3.63) is 70.6 Å². The van der Waals surface area contributed by atoms with E-state index < -0.39 is 5.97 Å². The highest BCUT2D eigenvalue weighted by Gasteiger charge is 2.23. The Morgan fingerprint density at radius 1 is 1.15 bits per heavy atom. The quantitative estimate of drug-likeness (QED) is 0.665. The number of fused-ring (bicyclic) bond motifs is 3. The van der Waals surface area contributed by atoms with Gasteiger partial charge in [-0.15, -0.1) is 11.3 Å². The molecule has 27 heavy (non-hydrogen) atoms. The molecule has 0 aliphatic carbocycles. The molecule has 0 spiro atoms. The monoisotopic (exact) mass is 379 g/mol. The van der Waals surface area contributed by atoms with E-state index in [9.17, 15) is 9.59 Å². The molecule has 0 saturated heterocycles. The van der Waals surface area contributed by atoms with E-state index in [4.69, 9.17) is 9.47 Å². The average Bonchev–Trinajstić information content (AvgIpc) is 3.13. The Bertz CT molecular complexity index is 1020. The Morgan fingerprint density at radius 3 is 2.78 bits per heavy atom. The van der Waals surface area contributed by atoms with Crippen molar-refractivity contribution in [3.8, 4) is 16.2 Å². The van der Waals surface area contributed by atoms with Crippen molar-refractivity contribution in [2.24, 2.45) is 0 Å². The normalized spacial score (nSPS) is 11.7.